The third-order valence-corrected chi connectivity index (χ3v) is 5.96. The zero-order valence-corrected chi connectivity index (χ0v) is 13.0. The van der Waals surface area contributed by atoms with Gasteiger partial charge in [0.1, 0.15) is 0 Å². The van der Waals surface area contributed by atoms with Gasteiger partial charge in [-0.05, 0) is 55.6 Å². The number of rotatable bonds is 5. The lowest BCUT2D eigenvalue weighted by Gasteiger charge is -2.41. The molecule has 3 heteroatoms. The molecular formula is C17H25NOS. The number of Topliss-reactive ketones (excluding diaryl/α,β-unsaturated/α-hetero) is 1. The maximum absolute atomic E-state index is 12.0. The molecule has 0 amide bonds. The smallest absolute Gasteiger partial charge is 0.172 e. The van der Waals surface area contributed by atoms with Gasteiger partial charge in [0.15, 0.2) is 5.78 Å². The van der Waals surface area contributed by atoms with Crippen LogP contribution in [0.4, 0.5) is 0 Å². The molecule has 0 spiro atoms. The Morgan fingerprint density at radius 2 is 2.10 bits per heavy atom. The van der Waals surface area contributed by atoms with Gasteiger partial charge in [-0.15, -0.1) is 11.3 Å². The van der Waals surface area contributed by atoms with E-state index >= 15 is 0 Å². The second-order valence-electron chi connectivity index (χ2n) is 6.40. The van der Waals surface area contributed by atoms with Crippen molar-refractivity contribution >= 4 is 17.1 Å². The van der Waals surface area contributed by atoms with Gasteiger partial charge in [0.05, 0.1) is 4.88 Å². The van der Waals surface area contributed by atoms with E-state index in [4.69, 9.17) is 0 Å². The summed E-state index contributed by atoms with van der Waals surface area (Å²) >= 11 is 1.57. The Morgan fingerprint density at radius 1 is 1.25 bits per heavy atom. The van der Waals surface area contributed by atoms with Gasteiger partial charge in [0, 0.05) is 13.0 Å². The van der Waals surface area contributed by atoms with Gasteiger partial charge < -0.3 is 4.90 Å². The van der Waals surface area contributed by atoms with E-state index in [9.17, 15) is 4.79 Å². The summed E-state index contributed by atoms with van der Waals surface area (Å²) in [5.74, 6) is 2.28. The first-order valence-corrected chi connectivity index (χ1v) is 9.00. The van der Waals surface area contributed by atoms with E-state index in [1.165, 1.54) is 45.2 Å². The van der Waals surface area contributed by atoms with Gasteiger partial charge in [-0.25, -0.2) is 0 Å². The number of carbonyl (C=O) groups excluding carboxylic acids is 1. The normalized spacial score (nSPS) is 27.2. The molecule has 0 N–H and O–H groups in total. The first-order valence-electron chi connectivity index (χ1n) is 8.12. The maximum Gasteiger partial charge on any atom is 0.172 e. The third-order valence-electron chi connectivity index (χ3n) is 5.05. The van der Waals surface area contributed by atoms with E-state index < -0.39 is 0 Å². The molecule has 0 bridgehead atoms. The van der Waals surface area contributed by atoms with Crippen molar-refractivity contribution in [2.24, 2.45) is 11.8 Å². The Morgan fingerprint density at radius 3 is 2.90 bits per heavy atom. The van der Waals surface area contributed by atoms with Gasteiger partial charge in [-0.2, -0.15) is 0 Å². The van der Waals surface area contributed by atoms with Crippen molar-refractivity contribution in [2.45, 2.75) is 44.9 Å². The Bertz CT molecular complexity index is 428. The monoisotopic (exact) mass is 291 g/mol. The number of likely N-dealkylation sites (tertiary alicyclic amines) is 1. The second kappa shape index (κ2) is 6.86. The molecule has 0 aromatic carbocycles. The Balaban J connectivity index is 1.39. The topological polar surface area (TPSA) is 20.3 Å². The fraction of sp³-hybridized carbons (Fsp3) is 0.706. The van der Waals surface area contributed by atoms with Gasteiger partial charge in [-0.3, -0.25) is 4.79 Å². The second-order valence-corrected chi connectivity index (χ2v) is 7.35. The summed E-state index contributed by atoms with van der Waals surface area (Å²) in [5, 5.41) is 1.99. The van der Waals surface area contributed by atoms with Crippen LogP contribution >= 0.6 is 11.3 Å². The van der Waals surface area contributed by atoms with E-state index in [0.717, 1.165) is 29.7 Å². The van der Waals surface area contributed by atoms with E-state index in [1.807, 2.05) is 17.5 Å². The fourth-order valence-electron chi connectivity index (χ4n) is 3.90. The SMILES string of the molecule is O=C(CCCN1CCC2CCCCC2C1)c1cccs1. The number of hydrogen-bond acceptors (Lipinski definition) is 3. The lowest BCUT2D eigenvalue weighted by molar-refractivity contribution is 0.0830. The van der Waals surface area contributed by atoms with E-state index in [0.29, 0.717) is 12.2 Å². The highest BCUT2D eigenvalue weighted by Crippen LogP contribution is 2.36. The lowest BCUT2D eigenvalue weighted by Crippen LogP contribution is -2.42. The summed E-state index contributed by atoms with van der Waals surface area (Å²) < 4.78 is 0. The maximum atomic E-state index is 12.0. The summed E-state index contributed by atoms with van der Waals surface area (Å²) in [6.07, 6.45) is 8.93. The fourth-order valence-corrected chi connectivity index (χ4v) is 4.60. The summed E-state index contributed by atoms with van der Waals surface area (Å²) in [6.45, 7) is 3.66. The molecule has 110 valence electrons. The van der Waals surface area contributed by atoms with Crippen molar-refractivity contribution in [1.82, 2.24) is 4.90 Å². The third kappa shape index (κ3) is 3.50. The minimum absolute atomic E-state index is 0.326. The zero-order valence-electron chi connectivity index (χ0n) is 12.2. The van der Waals surface area contributed by atoms with Crippen LogP contribution in [0.25, 0.3) is 0 Å². The van der Waals surface area contributed by atoms with Crippen LogP contribution in [0.5, 0.6) is 0 Å². The van der Waals surface area contributed by atoms with Crippen LogP contribution in [-0.4, -0.2) is 30.3 Å². The standard InChI is InChI=1S/C17H25NOS/c19-16(17-8-4-12-20-17)7-3-10-18-11-9-14-5-1-2-6-15(14)13-18/h4,8,12,14-15H,1-3,5-7,9-11,13H2. The Labute approximate surface area is 126 Å². The average Bonchev–Trinajstić information content (AvgIpc) is 3.01. The van der Waals surface area contributed by atoms with Crippen LogP contribution in [0.15, 0.2) is 17.5 Å². The molecular weight excluding hydrogens is 266 g/mol. The van der Waals surface area contributed by atoms with Crippen molar-refractivity contribution < 1.29 is 4.79 Å². The van der Waals surface area contributed by atoms with Crippen LogP contribution in [0, 0.1) is 11.8 Å². The number of ketones is 1. The number of fused-ring (bicyclic) bond motifs is 1. The van der Waals surface area contributed by atoms with Crippen molar-refractivity contribution in [3.8, 4) is 0 Å². The summed E-state index contributed by atoms with van der Waals surface area (Å²) in [6, 6.07) is 3.91. The number of carbonyl (C=O) groups is 1. The summed E-state index contributed by atoms with van der Waals surface area (Å²) in [5.41, 5.74) is 0. The van der Waals surface area contributed by atoms with E-state index in [-0.39, 0.29) is 0 Å². The van der Waals surface area contributed by atoms with E-state index in [1.54, 1.807) is 11.3 Å². The number of nitrogens with zero attached hydrogens (tertiary/aromatic N) is 1. The van der Waals surface area contributed by atoms with Crippen molar-refractivity contribution in [3.05, 3.63) is 22.4 Å². The summed E-state index contributed by atoms with van der Waals surface area (Å²) in [4.78, 5) is 15.5. The van der Waals surface area contributed by atoms with Crippen molar-refractivity contribution in [1.29, 1.82) is 0 Å². The zero-order chi connectivity index (χ0) is 13.8. The molecule has 1 saturated carbocycles. The number of piperidine rings is 1. The van der Waals surface area contributed by atoms with Crippen molar-refractivity contribution in [3.63, 3.8) is 0 Å². The molecule has 2 heterocycles. The van der Waals surface area contributed by atoms with Gasteiger partial charge in [-0.1, -0.05) is 25.3 Å². The molecule has 2 aliphatic rings. The summed E-state index contributed by atoms with van der Waals surface area (Å²) in [7, 11) is 0. The molecule has 2 atom stereocenters. The quantitative estimate of drug-likeness (QED) is 0.757. The predicted octanol–water partition coefficient (Wildman–Crippen LogP) is 4.22. The lowest BCUT2D eigenvalue weighted by atomic mass is 9.75. The highest BCUT2D eigenvalue weighted by molar-refractivity contribution is 7.12. The largest absolute Gasteiger partial charge is 0.303 e. The van der Waals surface area contributed by atoms with Crippen molar-refractivity contribution in [2.75, 3.05) is 19.6 Å². The molecule has 20 heavy (non-hydrogen) atoms. The minimum atomic E-state index is 0.326. The van der Waals surface area contributed by atoms with E-state index in [2.05, 4.69) is 4.90 Å². The molecule has 2 nitrogen and oxygen atoms in total. The molecule has 1 aliphatic heterocycles. The first kappa shape index (κ1) is 14.3. The molecule has 2 fully saturated rings. The van der Waals surface area contributed by atoms with Gasteiger partial charge in [0.25, 0.3) is 0 Å². The molecule has 0 radical (unpaired) electrons. The van der Waals surface area contributed by atoms with Crippen LogP contribution < -0.4 is 0 Å². The Kier molecular flexibility index (Phi) is 4.90. The van der Waals surface area contributed by atoms with Crippen LogP contribution in [0.1, 0.15) is 54.6 Å². The highest BCUT2D eigenvalue weighted by atomic mass is 32.1. The molecule has 1 saturated heterocycles. The molecule has 2 unspecified atom stereocenters. The highest BCUT2D eigenvalue weighted by Gasteiger charge is 2.30. The van der Waals surface area contributed by atoms with Crippen LogP contribution in [-0.2, 0) is 0 Å². The van der Waals surface area contributed by atoms with Crippen LogP contribution in [0.2, 0.25) is 0 Å². The van der Waals surface area contributed by atoms with Crippen LogP contribution in [0.3, 0.4) is 0 Å². The predicted molar refractivity (Wildman–Crippen MR) is 84.4 cm³/mol. The van der Waals surface area contributed by atoms with Gasteiger partial charge >= 0.3 is 0 Å². The first-order chi connectivity index (χ1) is 9.83. The Hall–Kier alpha value is -0.670. The molecule has 1 aliphatic carbocycles. The molecule has 1 aromatic rings. The molecule has 3 rings (SSSR count). The molecule has 1 aromatic heterocycles. The number of hydrogen-bond donors (Lipinski definition) is 0. The number of thiophene rings is 1. The van der Waals surface area contributed by atoms with Gasteiger partial charge in [0.2, 0.25) is 0 Å². The minimum Gasteiger partial charge on any atom is -0.303 e. The average molecular weight is 291 g/mol.